The summed E-state index contributed by atoms with van der Waals surface area (Å²) in [7, 11) is -3.55. The molecule has 0 aromatic heterocycles. The maximum Gasteiger partial charge on any atom is 0.420 e. The van der Waals surface area contributed by atoms with Gasteiger partial charge in [-0.25, -0.2) is 8.42 Å². The third kappa shape index (κ3) is 2.49. The first-order valence-electron chi connectivity index (χ1n) is 3.63. The van der Waals surface area contributed by atoms with Gasteiger partial charge in [0.15, 0.2) is 9.84 Å². The quantitative estimate of drug-likeness (QED) is 0.638. The Morgan fingerprint density at radius 2 is 2.00 bits per heavy atom. The maximum atomic E-state index is 12.2. The van der Waals surface area contributed by atoms with Crippen molar-refractivity contribution in [3.63, 3.8) is 0 Å². The van der Waals surface area contributed by atoms with E-state index in [9.17, 15) is 21.6 Å². The second-order valence-electron chi connectivity index (χ2n) is 2.87. The monoisotopic (exact) mass is 224 g/mol. The van der Waals surface area contributed by atoms with Crippen molar-refractivity contribution in [3.8, 4) is 0 Å². The fourth-order valence-electron chi connectivity index (χ4n) is 0.956. The van der Waals surface area contributed by atoms with E-state index in [4.69, 9.17) is 0 Å². The minimum absolute atomic E-state index is 0.233. The van der Waals surface area contributed by atoms with Gasteiger partial charge in [-0.3, -0.25) is 0 Å². The Balaban J connectivity index is 3.03. The Bertz CT molecular complexity index is 434. The van der Waals surface area contributed by atoms with Gasteiger partial charge in [-0.1, -0.05) is 0 Å². The van der Waals surface area contributed by atoms with Crippen LogP contribution >= 0.6 is 0 Å². The molecule has 0 unspecified atom stereocenters. The summed E-state index contributed by atoms with van der Waals surface area (Å²) in [6, 6.07) is 0. The van der Waals surface area contributed by atoms with Crippen molar-refractivity contribution in [2.24, 2.45) is 0 Å². The molecule has 0 saturated carbocycles. The number of sulfone groups is 1. The number of rotatable bonds is 1. The van der Waals surface area contributed by atoms with Gasteiger partial charge in [0, 0.05) is 17.6 Å². The minimum Gasteiger partial charge on any atom is -0.224 e. The molecule has 0 aliphatic heterocycles. The van der Waals surface area contributed by atoms with Crippen LogP contribution in [0, 0.1) is 0 Å². The Morgan fingerprint density at radius 3 is 2.43 bits per heavy atom. The van der Waals surface area contributed by atoms with Crippen molar-refractivity contribution >= 4 is 9.84 Å². The first-order chi connectivity index (χ1) is 6.21. The van der Waals surface area contributed by atoms with E-state index in [1.807, 2.05) is 5.73 Å². The van der Waals surface area contributed by atoms with E-state index in [-0.39, 0.29) is 4.91 Å². The molecule has 78 valence electrons. The number of allylic oxidation sites excluding steroid dienone is 3. The summed E-state index contributed by atoms with van der Waals surface area (Å²) in [5, 5.41) is 0. The zero-order valence-corrected chi connectivity index (χ0v) is 8.04. The summed E-state index contributed by atoms with van der Waals surface area (Å²) in [5.74, 6) is 0. The molecule has 0 bridgehead atoms. The van der Waals surface area contributed by atoms with Crippen molar-refractivity contribution in [2.75, 3.05) is 6.26 Å². The predicted molar refractivity (Wildman–Crippen MR) is 45.2 cm³/mol. The summed E-state index contributed by atoms with van der Waals surface area (Å²) in [5.41, 5.74) is 1.03. The fourth-order valence-corrected chi connectivity index (χ4v) is 1.68. The number of alkyl halides is 3. The molecule has 1 aliphatic rings. The van der Waals surface area contributed by atoms with Crippen LogP contribution in [0.2, 0.25) is 0 Å². The summed E-state index contributed by atoms with van der Waals surface area (Å²) < 4.78 is 58.4. The van der Waals surface area contributed by atoms with Gasteiger partial charge in [0.05, 0.1) is 5.57 Å². The zero-order valence-electron chi connectivity index (χ0n) is 7.22. The molecular weight excluding hydrogens is 217 g/mol. The Hall–Kier alpha value is -1.00. The van der Waals surface area contributed by atoms with Crippen molar-refractivity contribution < 1.29 is 21.6 Å². The molecule has 0 radical (unpaired) electrons. The van der Waals surface area contributed by atoms with E-state index < -0.39 is 28.0 Å². The first kappa shape index (κ1) is 11.1. The van der Waals surface area contributed by atoms with Gasteiger partial charge >= 0.3 is 6.18 Å². The third-order valence-corrected chi connectivity index (χ3v) is 2.93. The Morgan fingerprint density at radius 1 is 1.43 bits per heavy atom. The average molecular weight is 224 g/mol. The summed E-state index contributed by atoms with van der Waals surface area (Å²) in [6.07, 6.45) is -2.15. The normalized spacial score (nSPS) is 17.7. The largest absolute Gasteiger partial charge is 0.420 e. The molecule has 0 atom stereocenters. The molecule has 0 aromatic carbocycles. The van der Waals surface area contributed by atoms with E-state index in [2.05, 4.69) is 0 Å². The van der Waals surface area contributed by atoms with Crippen LogP contribution in [0.1, 0.15) is 6.42 Å². The second-order valence-corrected chi connectivity index (χ2v) is 4.94. The highest BCUT2D eigenvalue weighted by molar-refractivity contribution is 7.94. The first-order valence-corrected chi connectivity index (χ1v) is 5.52. The van der Waals surface area contributed by atoms with E-state index in [1.54, 1.807) is 0 Å². The van der Waals surface area contributed by atoms with Crippen molar-refractivity contribution in [3.05, 3.63) is 28.4 Å². The van der Waals surface area contributed by atoms with Gasteiger partial charge in [0.25, 0.3) is 0 Å². The zero-order chi connectivity index (χ0) is 11.0. The Labute approximate surface area is 79.3 Å². The highest BCUT2D eigenvalue weighted by Crippen LogP contribution is 2.32. The number of halogens is 3. The van der Waals surface area contributed by atoms with Crippen LogP contribution in [0.15, 0.2) is 28.4 Å². The number of hydrogen-bond donors (Lipinski definition) is 0. The molecular formula is C8H7F3O2S. The van der Waals surface area contributed by atoms with Gasteiger partial charge in [0.1, 0.15) is 0 Å². The lowest BCUT2D eigenvalue weighted by molar-refractivity contribution is -0.0928. The standard InChI is InChI=1S/C8H7F3O2S/c1-14(12,13)7-4-2-3-6(5-7)8(9,10)11/h2,4H,5H2,1H3. The molecule has 0 N–H and O–H groups in total. The number of hydrogen-bond acceptors (Lipinski definition) is 2. The molecule has 1 rings (SSSR count). The minimum atomic E-state index is -4.51. The lowest BCUT2D eigenvalue weighted by Gasteiger charge is -2.12. The molecule has 0 aromatic rings. The molecule has 6 heteroatoms. The summed E-state index contributed by atoms with van der Waals surface area (Å²) in [4.78, 5) is -0.233. The highest BCUT2D eigenvalue weighted by atomic mass is 32.2. The molecule has 0 amide bonds. The van der Waals surface area contributed by atoms with E-state index >= 15 is 0 Å². The molecule has 0 saturated heterocycles. The van der Waals surface area contributed by atoms with Gasteiger partial charge < -0.3 is 0 Å². The van der Waals surface area contributed by atoms with Crippen LogP contribution in [0.4, 0.5) is 13.2 Å². The van der Waals surface area contributed by atoms with E-state index in [0.717, 1.165) is 18.4 Å². The topological polar surface area (TPSA) is 34.1 Å². The van der Waals surface area contributed by atoms with Crippen LogP contribution < -0.4 is 0 Å². The van der Waals surface area contributed by atoms with Crippen LogP contribution in [-0.2, 0) is 9.84 Å². The van der Waals surface area contributed by atoms with Crippen molar-refractivity contribution in [1.29, 1.82) is 0 Å². The molecule has 0 fully saturated rings. The molecule has 14 heavy (non-hydrogen) atoms. The molecule has 2 nitrogen and oxygen atoms in total. The Kier molecular flexibility index (Phi) is 2.61. The van der Waals surface area contributed by atoms with Crippen LogP contribution in [0.5, 0.6) is 0 Å². The summed E-state index contributed by atoms with van der Waals surface area (Å²) >= 11 is 0. The van der Waals surface area contributed by atoms with Gasteiger partial charge in [0.2, 0.25) is 0 Å². The maximum absolute atomic E-state index is 12.2. The predicted octanol–water partition coefficient (Wildman–Crippen LogP) is 1.96. The van der Waals surface area contributed by atoms with Gasteiger partial charge in [-0.05, 0) is 12.2 Å². The second kappa shape index (κ2) is 3.29. The van der Waals surface area contributed by atoms with Crippen molar-refractivity contribution in [1.82, 2.24) is 0 Å². The average Bonchev–Trinajstić information content (AvgIpc) is 2.01. The lowest BCUT2D eigenvalue weighted by Crippen LogP contribution is -2.15. The lowest BCUT2D eigenvalue weighted by atomic mass is 10.1. The van der Waals surface area contributed by atoms with E-state index in [1.165, 1.54) is 0 Å². The van der Waals surface area contributed by atoms with Gasteiger partial charge in [-0.15, -0.1) is 5.73 Å². The van der Waals surface area contributed by atoms with Crippen LogP contribution in [0.3, 0.4) is 0 Å². The summed E-state index contributed by atoms with van der Waals surface area (Å²) in [6.45, 7) is 0. The molecule has 0 heterocycles. The molecule has 1 aliphatic carbocycles. The van der Waals surface area contributed by atoms with Crippen molar-refractivity contribution in [2.45, 2.75) is 12.6 Å². The third-order valence-electron chi connectivity index (χ3n) is 1.70. The smallest absolute Gasteiger partial charge is 0.224 e. The van der Waals surface area contributed by atoms with Crippen LogP contribution in [-0.4, -0.2) is 20.8 Å². The van der Waals surface area contributed by atoms with Gasteiger partial charge in [-0.2, -0.15) is 13.2 Å². The SMILES string of the molecule is CS(=O)(=O)C1=CC=C=C(C(F)(F)F)C1. The fraction of sp³-hybridized carbons (Fsp3) is 0.375. The van der Waals surface area contributed by atoms with Crippen LogP contribution in [0.25, 0.3) is 0 Å². The highest BCUT2D eigenvalue weighted by Gasteiger charge is 2.35. The molecule has 0 spiro atoms. The van der Waals surface area contributed by atoms with E-state index in [0.29, 0.717) is 0 Å².